The third-order valence-corrected chi connectivity index (χ3v) is 4.31. The minimum Gasteiger partial charge on any atom is -0.490 e. The molecule has 0 radical (unpaired) electrons. The van der Waals surface area contributed by atoms with Crippen LogP contribution in [0.25, 0.3) is 0 Å². The van der Waals surface area contributed by atoms with Crippen molar-refractivity contribution in [2.45, 2.75) is 20.0 Å². The molecule has 0 unspecified atom stereocenters. The average molecular weight is 411 g/mol. The molecule has 2 aromatic rings. The third kappa shape index (κ3) is 4.95. The Balaban J connectivity index is 2.47. The van der Waals surface area contributed by atoms with Gasteiger partial charge in [-0.3, -0.25) is 14.9 Å². The number of nitrogens with one attached hydrogen (secondary N) is 1. The van der Waals surface area contributed by atoms with Gasteiger partial charge < -0.3 is 15.0 Å². The van der Waals surface area contributed by atoms with E-state index in [4.69, 9.17) is 4.74 Å². The Labute approximate surface area is 165 Å². The summed E-state index contributed by atoms with van der Waals surface area (Å²) in [5.74, 6) is -0.807. The van der Waals surface area contributed by atoms with Gasteiger partial charge >= 0.3 is 11.9 Å². The lowest BCUT2D eigenvalue weighted by Gasteiger charge is -2.25. The van der Waals surface area contributed by atoms with Crippen LogP contribution >= 0.6 is 0 Å². The van der Waals surface area contributed by atoms with Gasteiger partial charge in [-0.25, -0.2) is 0 Å². The van der Waals surface area contributed by atoms with Gasteiger partial charge in [0.05, 0.1) is 29.0 Å². The summed E-state index contributed by atoms with van der Waals surface area (Å²) in [5.41, 5.74) is -1.04. The van der Waals surface area contributed by atoms with Crippen molar-refractivity contribution in [3.63, 3.8) is 0 Å². The summed E-state index contributed by atoms with van der Waals surface area (Å²) in [6.45, 7) is 4.69. The molecule has 1 amide bonds. The van der Waals surface area contributed by atoms with Crippen LogP contribution in [0.5, 0.6) is 5.75 Å². The zero-order chi connectivity index (χ0) is 21.8. The Morgan fingerprint density at radius 3 is 2.34 bits per heavy atom. The van der Waals surface area contributed by atoms with E-state index in [-0.39, 0.29) is 17.0 Å². The number of carbonyl (C=O) groups is 1. The minimum atomic E-state index is -4.58. The highest BCUT2D eigenvalue weighted by Crippen LogP contribution is 2.36. The molecule has 0 spiro atoms. The van der Waals surface area contributed by atoms with Crippen molar-refractivity contribution < 1.29 is 27.6 Å². The third-order valence-electron chi connectivity index (χ3n) is 4.31. The monoisotopic (exact) mass is 411 g/mol. The van der Waals surface area contributed by atoms with Crippen LogP contribution in [0.4, 0.5) is 30.2 Å². The van der Waals surface area contributed by atoms with E-state index in [9.17, 15) is 28.1 Å². The molecule has 0 aliphatic carbocycles. The van der Waals surface area contributed by atoms with Crippen molar-refractivity contribution in [3.05, 3.63) is 57.6 Å². The number of rotatable bonds is 7. The highest BCUT2D eigenvalue weighted by molar-refractivity contribution is 6.06. The second kappa shape index (κ2) is 8.80. The molecule has 2 rings (SSSR count). The number of methoxy groups -OCH3 is 1. The number of alkyl halides is 3. The minimum absolute atomic E-state index is 0.0329. The molecule has 0 fully saturated rings. The first-order valence-electron chi connectivity index (χ1n) is 8.72. The van der Waals surface area contributed by atoms with E-state index in [0.29, 0.717) is 18.8 Å². The molecule has 0 heterocycles. The maximum atomic E-state index is 13.1. The number of anilines is 2. The number of halogens is 3. The molecule has 0 bridgehead atoms. The molecule has 29 heavy (non-hydrogen) atoms. The summed E-state index contributed by atoms with van der Waals surface area (Å²) in [6.07, 6.45) is -4.58. The molecule has 7 nitrogen and oxygen atoms in total. The zero-order valence-electron chi connectivity index (χ0n) is 16.0. The van der Waals surface area contributed by atoms with Crippen molar-refractivity contribution in [3.8, 4) is 5.75 Å². The normalized spacial score (nSPS) is 11.1. The molecule has 0 saturated carbocycles. The van der Waals surface area contributed by atoms with Crippen LogP contribution in [0.3, 0.4) is 0 Å². The molecule has 0 atom stereocenters. The summed E-state index contributed by atoms with van der Waals surface area (Å²) in [5, 5.41) is 13.6. The predicted molar refractivity (Wildman–Crippen MR) is 103 cm³/mol. The smallest absolute Gasteiger partial charge is 0.416 e. The largest absolute Gasteiger partial charge is 0.490 e. The summed E-state index contributed by atoms with van der Waals surface area (Å²) in [4.78, 5) is 24.9. The van der Waals surface area contributed by atoms with Crippen LogP contribution < -0.4 is 15.0 Å². The summed E-state index contributed by atoms with van der Waals surface area (Å²) in [6, 6.07) is 6.65. The van der Waals surface area contributed by atoms with Crippen LogP contribution in [-0.4, -0.2) is 31.0 Å². The second-order valence-corrected chi connectivity index (χ2v) is 6.00. The van der Waals surface area contributed by atoms with Crippen molar-refractivity contribution in [2.24, 2.45) is 0 Å². The van der Waals surface area contributed by atoms with Crippen molar-refractivity contribution in [1.82, 2.24) is 0 Å². The SMILES string of the molecule is CCN(CC)c1ccc(C(F)(F)F)cc1NC(=O)c1ccc(OC)c([N+](=O)[O-])c1. The van der Waals surface area contributed by atoms with Gasteiger partial charge in [0.15, 0.2) is 5.75 Å². The quantitative estimate of drug-likeness (QED) is 0.526. The summed E-state index contributed by atoms with van der Waals surface area (Å²) in [7, 11) is 1.25. The fourth-order valence-electron chi connectivity index (χ4n) is 2.82. The second-order valence-electron chi connectivity index (χ2n) is 6.00. The number of nitro benzene ring substituents is 1. The molecule has 1 N–H and O–H groups in total. The molecule has 156 valence electrons. The number of ether oxygens (including phenoxy) is 1. The van der Waals surface area contributed by atoms with Gasteiger partial charge in [-0.2, -0.15) is 13.2 Å². The first kappa shape index (κ1) is 22.0. The number of hydrogen-bond acceptors (Lipinski definition) is 5. The van der Waals surface area contributed by atoms with E-state index >= 15 is 0 Å². The van der Waals surface area contributed by atoms with Gasteiger partial charge in [0.1, 0.15) is 0 Å². The number of nitro groups is 1. The Morgan fingerprint density at radius 2 is 1.83 bits per heavy atom. The number of hydrogen-bond donors (Lipinski definition) is 1. The molecular weight excluding hydrogens is 391 g/mol. The maximum Gasteiger partial charge on any atom is 0.416 e. The van der Waals surface area contributed by atoms with Gasteiger partial charge in [-0.1, -0.05) is 0 Å². The Hall–Kier alpha value is -3.30. The molecule has 0 aliphatic heterocycles. The maximum absolute atomic E-state index is 13.1. The van der Waals surface area contributed by atoms with E-state index < -0.39 is 28.3 Å². The topological polar surface area (TPSA) is 84.7 Å². The highest BCUT2D eigenvalue weighted by Gasteiger charge is 2.31. The lowest BCUT2D eigenvalue weighted by molar-refractivity contribution is -0.385. The van der Waals surface area contributed by atoms with Crippen molar-refractivity contribution in [2.75, 3.05) is 30.4 Å². The number of carbonyl (C=O) groups excluding carboxylic acids is 1. The summed E-state index contributed by atoms with van der Waals surface area (Å²) >= 11 is 0. The number of amides is 1. The Bertz CT molecular complexity index is 912. The predicted octanol–water partition coefficient (Wildman–Crippen LogP) is 4.72. The summed E-state index contributed by atoms with van der Waals surface area (Å²) < 4.78 is 44.3. The fourth-order valence-corrected chi connectivity index (χ4v) is 2.82. The first-order chi connectivity index (χ1) is 13.6. The first-order valence-corrected chi connectivity index (χ1v) is 8.72. The van der Waals surface area contributed by atoms with E-state index in [2.05, 4.69) is 5.32 Å². The van der Waals surface area contributed by atoms with Gasteiger partial charge in [-0.05, 0) is 44.2 Å². The highest BCUT2D eigenvalue weighted by atomic mass is 19.4. The van der Waals surface area contributed by atoms with E-state index in [0.717, 1.165) is 18.2 Å². The molecule has 0 saturated heterocycles. The van der Waals surface area contributed by atoms with Crippen molar-refractivity contribution in [1.29, 1.82) is 0 Å². The van der Waals surface area contributed by atoms with E-state index in [1.165, 1.54) is 25.3 Å². The van der Waals surface area contributed by atoms with Gasteiger partial charge in [-0.15, -0.1) is 0 Å². The zero-order valence-corrected chi connectivity index (χ0v) is 16.0. The van der Waals surface area contributed by atoms with Crippen LogP contribution in [-0.2, 0) is 6.18 Å². The van der Waals surface area contributed by atoms with Crippen LogP contribution in [0.15, 0.2) is 36.4 Å². The molecular formula is C19H20F3N3O4. The lowest BCUT2D eigenvalue weighted by Crippen LogP contribution is -2.24. The lowest BCUT2D eigenvalue weighted by atomic mass is 10.1. The van der Waals surface area contributed by atoms with Crippen molar-refractivity contribution >= 4 is 23.0 Å². The Morgan fingerprint density at radius 1 is 1.17 bits per heavy atom. The van der Waals surface area contributed by atoms with Gasteiger partial charge in [0.25, 0.3) is 5.91 Å². The van der Waals surface area contributed by atoms with Gasteiger partial charge in [0.2, 0.25) is 0 Å². The van der Waals surface area contributed by atoms with Gasteiger partial charge in [0, 0.05) is 24.7 Å². The van der Waals surface area contributed by atoms with E-state index in [1.54, 1.807) is 4.90 Å². The average Bonchev–Trinajstić information content (AvgIpc) is 2.68. The molecule has 2 aromatic carbocycles. The van der Waals surface area contributed by atoms with Crippen LogP contribution in [0, 0.1) is 10.1 Å². The Kier molecular flexibility index (Phi) is 6.68. The number of benzene rings is 2. The standard InChI is InChI=1S/C19H20F3N3O4/c1-4-24(5-2)15-8-7-13(19(20,21)22)11-14(15)23-18(26)12-6-9-17(29-3)16(10-12)25(27)28/h6-11H,4-5H2,1-3H3,(H,23,26). The fraction of sp³-hybridized carbons (Fsp3) is 0.316. The number of nitrogens with zero attached hydrogens (tertiary/aromatic N) is 2. The molecule has 0 aromatic heterocycles. The van der Waals surface area contributed by atoms with Crippen LogP contribution in [0.2, 0.25) is 0 Å². The van der Waals surface area contributed by atoms with E-state index in [1.807, 2.05) is 13.8 Å². The molecule has 10 heteroatoms. The van der Waals surface area contributed by atoms with Crippen LogP contribution in [0.1, 0.15) is 29.8 Å². The molecule has 0 aliphatic rings.